The fraction of sp³-hybridized carbons (Fsp3) is 0.0588. The lowest BCUT2D eigenvalue weighted by Gasteiger charge is -2.04. The first-order chi connectivity index (χ1) is 10.1. The third-order valence-electron chi connectivity index (χ3n) is 2.93. The van der Waals surface area contributed by atoms with Crippen molar-refractivity contribution in [2.24, 2.45) is 0 Å². The topological polar surface area (TPSA) is 52.3 Å². The van der Waals surface area contributed by atoms with Crippen molar-refractivity contribution in [1.29, 1.82) is 0 Å². The second-order valence-electron chi connectivity index (χ2n) is 4.68. The van der Waals surface area contributed by atoms with Gasteiger partial charge in [0, 0.05) is 11.1 Å². The molecule has 3 aromatic rings. The van der Waals surface area contributed by atoms with E-state index in [1.54, 1.807) is 25.1 Å². The van der Waals surface area contributed by atoms with E-state index in [-0.39, 0.29) is 0 Å². The SMILES string of the molecule is C=C(C)C(=O)Oc1cccc(-c2nc3ccccc3o2)c1. The monoisotopic (exact) mass is 279 g/mol. The lowest BCUT2D eigenvalue weighted by atomic mass is 10.2. The lowest BCUT2D eigenvalue weighted by Crippen LogP contribution is -2.08. The first-order valence-corrected chi connectivity index (χ1v) is 6.47. The molecule has 3 rings (SSSR count). The summed E-state index contributed by atoms with van der Waals surface area (Å²) in [5, 5.41) is 0. The maximum atomic E-state index is 11.5. The van der Waals surface area contributed by atoms with Gasteiger partial charge in [0.25, 0.3) is 0 Å². The van der Waals surface area contributed by atoms with Gasteiger partial charge in [-0.1, -0.05) is 24.8 Å². The van der Waals surface area contributed by atoms with Crippen LogP contribution in [-0.4, -0.2) is 11.0 Å². The smallest absolute Gasteiger partial charge is 0.338 e. The van der Waals surface area contributed by atoms with Crippen LogP contribution in [0.5, 0.6) is 5.75 Å². The van der Waals surface area contributed by atoms with Crippen LogP contribution in [0.4, 0.5) is 0 Å². The molecule has 0 saturated heterocycles. The van der Waals surface area contributed by atoms with Crippen LogP contribution in [0.1, 0.15) is 6.92 Å². The molecule has 1 aromatic heterocycles. The van der Waals surface area contributed by atoms with Crippen LogP contribution < -0.4 is 4.74 Å². The number of hydrogen-bond donors (Lipinski definition) is 0. The molecular weight excluding hydrogens is 266 g/mol. The summed E-state index contributed by atoms with van der Waals surface area (Å²) in [4.78, 5) is 16.0. The van der Waals surface area contributed by atoms with Gasteiger partial charge in [-0.3, -0.25) is 0 Å². The molecule has 0 N–H and O–H groups in total. The van der Waals surface area contributed by atoms with Crippen molar-refractivity contribution in [3.8, 4) is 17.2 Å². The normalized spacial score (nSPS) is 10.5. The van der Waals surface area contributed by atoms with Gasteiger partial charge in [0.05, 0.1) is 0 Å². The molecule has 0 spiro atoms. The predicted octanol–water partition coefficient (Wildman–Crippen LogP) is 3.98. The number of fused-ring (bicyclic) bond motifs is 1. The summed E-state index contributed by atoms with van der Waals surface area (Å²) in [5.41, 5.74) is 2.61. The Balaban J connectivity index is 1.95. The minimum atomic E-state index is -0.454. The van der Waals surface area contributed by atoms with Crippen LogP contribution in [0.2, 0.25) is 0 Å². The molecule has 0 saturated carbocycles. The van der Waals surface area contributed by atoms with Crippen LogP contribution in [0.25, 0.3) is 22.6 Å². The highest BCUT2D eigenvalue weighted by molar-refractivity contribution is 5.89. The van der Waals surface area contributed by atoms with Gasteiger partial charge in [-0.15, -0.1) is 0 Å². The van der Waals surface area contributed by atoms with E-state index in [2.05, 4.69) is 11.6 Å². The number of rotatable bonds is 3. The van der Waals surface area contributed by atoms with Gasteiger partial charge in [-0.25, -0.2) is 9.78 Å². The van der Waals surface area contributed by atoms with Crippen molar-refractivity contribution < 1.29 is 13.9 Å². The van der Waals surface area contributed by atoms with E-state index in [0.717, 1.165) is 16.7 Å². The molecule has 104 valence electrons. The zero-order valence-corrected chi connectivity index (χ0v) is 11.5. The molecule has 0 atom stereocenters. The number of esters is 1. The van der Waals surface area contributed by atoms with E-state index in [1.807, 2.05) is 30.3 Å². The van der Waals surface area contributed by atoms with E-state index in [9.17, 15) is 4.79 Å². The fourth-order valence-corrected chi connectivity index (χ4v) is 1.88. The molecule has 0 bridgehead atoms. The van der Waals surface area contributed by atoms with E-state index >= 15 is 0 Å². The largest absolute Gasteiger partial charge is 0.436 e. The molecule has 2 aromatic carbocycles. The van der Waals surface area contributed by atoms with Gasteiger partial charge in [0.15, 0.2) is 5.58 Å². The van der Waals surface area contributed by atoms with E-state index in [1.165, 1.54) is 0 Å². The molecule has 0 fully saturated rings. The van der Waals surface area contributed by atoms with Crippen molar-refractivity contribution in [2.45, 2.75) is 6.92 Å². The minimum absolute atomic E-state index is 0.349. The average Bonchev–Trinajstić information content (AvgIpc) is 2.91. The van der Waals surface area contributed by atoms with Crippen LogP contribution >= 0.6 is 0 Å². The first kappa shape index (κ1) is 13.1. The van der Waals surface area contributed by atoms with Gasteiger partial charge in [0.2, 0.25) is 5.89 Å². The van der Waals surface area contributed by atoms with Crippen LogP contribution in [0, 0.1) is 0 Å². The summed E-state index contributed by atoms with van der Waals surface area (Å²) in [5.74, 6) is 0.469. The van der Waals surface area contributed by atoms with Crippen molar-refractivity contribution in [3.63, 3.8) is 0 Å². The summed E-state index contributed by atoms with van der Waals surface area (Å²) < 4.78 is 10.9. The Bertz CT molecular complexity index is 800. The van der Waals surface area contributed by atoms with Crippen LogP contribution in [-0.2, 0) is 4.79 Å². The maximum absolute atomic E-state index is 11.5. The number of para-hydroxylation sites is 2. The number of benzene rings is 2. The zero-order chi connectivity index (χ0) is 14.8. The Morgan fingerprint density at radius 3 is 2.76 bits per heavy atom. The molecule has 4 nitrogen and oxygen atoms in total. The Morgan fingerprint density at radius 1 is 1.19 bits per heavy atom. The number of hydrogen-bond acceptors (Lipinski definition) is 4. The third-order valence-corrected chi connectivity index (χ3v) is 2.93. The molecule has 0 aliphatic rings. The fourth-order valence-electron chi connectivity index (χ4n) is 1.88. The summed E-state index contributed by atoms with van der Waals surface area (Å²) >= 11 is 0. The van der Waals surface area contributed by atoms with Crippen molar-refractivity contribution >= 4 is 17.1 Å². The molecular formula is C17H13NO3. The number of nitrogens with zero attached hydrogens (tertiary/aromatic N) is 1. The highest BCUT2D eigenvalue weighted by Crippen LogP contribution is 2.27. The molecule has 4 heteroatoms. The lowest BCUT2D eigenvalue weighted by molar-refractivity contribution is -0.130. The number of carbonyl (C=O) groups is 1. The van der Waals surface area contributed by atoms with E-state index in [0.29, 0.717) is 17.2 Å². The van der Waals surface area contributed by atoms with Gasteiger partial charge in [-0.05, 0) is 37.3 Å². The Morgan fingerprint density at radius 2 is 2.00 bits per heavy atom. The Labute approximate surface area is 121 Å². The molecule has 0 unspecified atom stereocenters. The van der Waals surface area contributed by atoms with Crippen LogP contribution in [0.3, 0.4) is 0 Å². The zero-order valence-electron chi connectivity index (χ0n) is 11.5. The van der Waals surface area contributed by atoms with Crippen LogP contribution in [0.15, 0.2) is 65.1 Å². The Kier molecular flexibility index (Phi) is 3.28. The summed E-state index contributed by atoms with van der Waals surface area (Å²) in [6, 6.07) is 14.6. The van der Waals surface area contributed by atoms with Crippen molar-refractivity contribution in [2.75, 3.05) is 0 Å². The molecule has 1 heterocycles. The summed E-state index contributed by atoms with van der Waals surface area (Å²) in [6.07, 6.45) is 0. The Hall–Kier alpha value is -2.88. The van der Waals surface area contributed by atoms with Gasteiger partial charge >= 0.3 is 5.97 Å². The summed E-state index contributed by atoms with van der Waals surface area (Å²) in [6.45, 7) is 5.16. The highest BCUT2D eigenvalue weighted by Gasteiger charge is 2.10. The highest BCUT2D eigenvalue weighted by atomic mass is 16.5. The third kappa shape index (κ3) is 2.69. The number of aromatic nitrogens is 1. The van der Waals surface area contributed by atoms with Gasteiger partial charge < -0.3 is 9.15 Å². The molecule has 0 radical (unpaired) electrons. The van der Waals surface area contributed by atoms with Gasteiger partial charge in [-0.2, -0.15) is 0 Å². The predicted molar refractivity (Wildman–Crippen MR) is 79.9 cm³/mol. The number of oxazole rings is 1. The van der Waals surface area contributed by atoms with Gasteiger partial charge in [0.1, 0.15) is 11.3 Å². The molecule has 0 aliphatic heterocycles. The van der Waals surface area contributed by atoms with Crippen molar-refractivity contribution in [3.05, 3.63) is 60.7 Å². The number of carbonyl (C=O) groups excluding carboxylic acids is 1. The van der Waals surface area contributed by atoms with E-state index in [4.69, 9.17) is 9.15 Å². The van der Waals surface area contributed by atoms with E-state index < -0.39 is 5.97 Å². The second-order valence-corrected chi connectivity index (χ2v) is 4.68. The summed E-state index contributed by atoms with van der Waals surface area (Å²) in [7, 11) is 0. The molecule has 0 aliphatic carbocycles. The molecule has 0 amide bonds. The average molecular weight is 279 g/mol. The minimum Gasteiger partial charge on any atom is -0.436 e. The number of ether oxygens (including phenoxy) is 1. The molecule has 21 heavy (non-hydrogen) atoms. The standard InChI is InChI=1S/C17H13NO3/c1-11(2)17(19)20-13-7-5-6-12(10-13)16-18-14-8-3-4-9-15(14)21-16/h3-10H,1H2,2H3. The quantitative estimate of drug-likeness (QED) is 0.413. The second kappa shape index (κ2) is 5.25. The van der Waals surface area contributed by atoms with Crippen molar-refractivity contribution in [1.82, 2.24) is 4.98 Å². The first-order valence-electron chi connectivity index (χ1n) is 6.47. The maximum Gasteiger partial charge on any atom is 0.338 e.